The molecule has 3 atom stereocenters. The fourth-order valence-electron chi connectivity index (χ4n) is 2.94. The van der Waals surface area contributed by atoms with Crippen molar-refractivity contribution in [1.29, 1.82) is 0 Å². The van der Waals surface area contributed by atoms with Gasteiger partial charge in [-0.25, -0.2) is 9.78 Å². The zero-order valence-corrected chi connectivity index (χ0v) is 18.4. The number of carbonyl (C=O) groups excluding carboxylic acids is 2. The van der Waals surface area contributed by atoms with Crippen LogP contribution in [0.15, 0.2) is 34.2 Å². The van der Waals surface area contributed by atoms with Gasteiger partial charge in [0.2, 0.25) is 5.91 Å². The van der Waals surface area contributed by atoms with Crippen LogP contribution < -0.4 is 10.9 Å². The molecule has 0 radical (unpaired) electrons. The Balaban J connectivity index is 2.26. The van der Waals surface area contributed by atoms with E-state index in [1.807, 2.05) is 39.8 Å². The Morgan fingerprint density at radius 1 is 1.21 bits per heavy atom. The molecule has 0 aliphatic rings. The van der Waals surface area contributed by atoms with Crippen LogP contribution in [0.5, 0.6) is 0 Å². The molecule has 0 bridgehead atoms. The summed E-state index contributed by atoms with van der Waals surface area (Å²) in [5.74, 6) is -0.763. The van der Waals surface area contributed by atoms with Crippen LogP contribution in [-0.4, -0.2) is 40.3 Å². The minimum atomic E-state index is -0.695. The third-order valence-electron chi connectivity index (χ3n) is 5.12. The van der Waals surface area contributed by atoms with Crippen molar-refractivity contribution < 1.29 is 14.3 Å². The summed E-state index contributed by atoms with van der Waals surface area (Å²) in [7, 11) is 1.31. The van der Waals surface area contributed by atoms with Crippen molar-refractivity contribution >= 4 is 34.5 Å². The van der Waals surface area contributed by atoms with E-state index in [9.17, 15) is 14.4 Å². The van der Waals surface area contributed by atoms with Gasteiger partial charge in [0.25, 0.3) is 5.56 Å². The molecule has 0 saturated carbocycles. The van der Waals surface area contributed by atoms with Crippen molar-refractivity contribution in [2.75, 3.05) is 12.9 Å². The summed E-state index contributed by atoms with van der Waals surface area (Å²) < 4.78 is 6.46. The Bertz CT molecular complexity index is 928. The minimum absolute atomic E-state index is 0.0468. The SMILES string of the molecule is CC[C@H](C)[C@@H](NC(=O)CSc1nc2ccccc2c(=O)n1[C@@H](C)CC)C(=O)OC. The first-order valence-electron chi connectivity index (χ1n) is 9.85. The molecule has 0 saturated heterocycles. The Morgan fingerprint density at radius 3 is 2.52 bits per heavy atom. The molecule has 1 N–H and O–H groups in total. The molecule has 0 fully saturated rings. The Morgan fingerprint density at radius 2 is 1.90 bits per heavy atom. The second-order valence-corrected chi connectivity index (χ2v) is 8.03. The first kappa shape index (κ1) is 22.9. The lowest BCUT2D eigenvalue weighted by atomic mass is 9.99. The maximum absolute atomic E-state index is 13.0. The van der Waals surface area contributed by atoms with E-state index >= 15 is 0 Å². The average molecular weight is 420 g/mol. The molecule has 0 aliphatic carbocycles. The van der Waals surface area contributed by atoms with Gasteiger partial charge < -0.3 is 10.1 Å². The number of hydrogen-bond donors (Lipinski definition) is 1. The molecule has 0 unspecified atom stereocenters. The van der Waals surface area contributed by atoms with Crippen LogP contribution in [0.4, 0.5) is 0 Å². The van der Waals surface area contributed by atoms with Crippen LogP contribution in [0.2, 0.25) is 0 Å². The topological polar surface area (TPSA) is 90.3 Å². The van der Waals surface area contributed by atoms with Gasteiger partial charge in [0.1, 0.15) is 6.04 Å². The van der Waals surface area contributed by atoms with Crippen LogP contribution in [0.1, 0.15) is 46.6 Å². The summed E-state index contributed by atoms with van der Waals surface area (Å²) in [6.45, 7) is 7.80. The van der Waals surface area contributed by atoms with Gasteiger partial charge in [0.15, 0.2) is 5.16 Å². The molecule has 1 heterocycles. The van der Waals surface area contributed by atoms with Gasteiger partial charge in [0.05, 0.1) is 23.8 Å². The predicted molar refractivity (Wildman–Crippen MR) is 115 cm³/mol. The second-order valence-electron chi connectivity index (χ2n) is 7.09. The molecule has 0 spiro atoms. The molecule has 29 heavy (non-hydrogen) atoms. The number of nitrogens with one attached hydrogen (secondary N) is 1. The van der Waals surface area contributed by atoms with Crippen molar-refractivity contribution in [2.24, 2.45) is 5.92 Å². The van der Waals surface area contributed by atoms with Gasteiger partial charge in [0, 0.05) is 6.04 Å². The van der Waals surface area contributed by atoms with Gasteiger partial charge in [-0.2, -0.15) is 0 Å². The van der Waals surface area contributed by atoms with E-state index in [1.165, 1.54) is 18.9 Å². The van der Waals surface area contributed by atoms with Gasteiger partial charge in [-0.1, -0.05) is 51.1 Å². The number of carbonyl (C=O) groups is 2. The maximum atomic E-state index is 13.0. The average Bonchev–Trinajstić information content (AvgIpc) is 2.74. The number of methoxy groups -OCH3 is 1. The molecule has 158 valence electrons. The number of rotatable bonds is 9. The van der Waals surface area contributed by atoms with E-state index in [1.54, 1.807) is 16.7 Å². The third kappa shape index (κ3) is 5.38. The van der Waals surface area contributed by atoms with Crippen LogP contribution in [0.3, 0.4) is 0 Å². The standard InChI is InChI=1S/C21H29N3O4S/c1-6-13(3)18(20(27)28-5)23-17(25)12-29-21-22-16-11-9-8-10-15(16)19(26)24(21)14(4)7-2/h8-11,13-14,18H,6-7,12H2,1-5H3,(H,23,25)/t13-,14-,18+/m0/s1. The van der Waals surface area contributed by atoms with E-state index in [0.717, 1.165) is 12.8 Å². The number of hydrogen-bond acceptors (Lipinski definition) is 6. The van der Waals surface area contributed by atoms with Gasteiger partial charge in [-0.3, -0.25) is 14.2 Å². The van der Waals surface area contributed by atoms with Crippen LogP contribution in [0, 0.1) is 5.92 Å². The minimum Gasteiger partial charge on any atom is -0.467 e. The molecule has 0 aliphatic heterocycles. The normalized spacial score (nSPS) is 14.2. The molecule has 1 aromatic heterocycles. The van der Waals surface area contributed by atoms with E-state index in [-0.39, 0.29) is 29.2 Å². The Kier molecular flexibility index (Phi) is 8.25. The van der Waals surface area contributed by atoms with Crippen molar-refractivity contribution in [1.82, 2.24) is 14.9 Å². The summed E-state index contributed by atoms with van der Waals surface area (Å²) >= 11 is 1.20. The van der Waals surface area contributed by atoms with Crippen molar-refractivity contribution in [3.8, 4) is 0 Å². The smallest absolute Gasteiger partial charge is 0.328 e. The number of thioether (sulfide) groups is 1. The number of amides is 1. The second kappa shape index (κ2) is 10.4. The summed E-state index contributed by atoms with van der Waals surface area (Å²) in [6.07, 6.45) is 1.49. The lowest BCUT2D eigenvalue weighted by molar-refractivity contribution is -0.146. The number of aromatic nitrogens is 2. The van der Waals surface area contributed by atoms with E-state index < -0.39 is 12.0 Å². The number of fused-ring (bicyclic) bond motifs is 1. The number of para-hydroxylation sites is 1. The van der Waals surface area contributed by atoms with Crippen molar-refractivity contribution in [3.63, 3.8) is 0 Å². The highest BCUT2D eigenvalue weighted by atomic mass is 32.2. The Hall–Kier alpha value is -2.35. The van der Waals surface area contributed by atoms with Gasteiger partial charge >= 0.3 is 5.97 Å². The molecule has 8 heteroatoms. The zero-order chi connectivity index (χ0) is 21.6. The first-order valence-corrected chi connectivity index (χ1v) is 10.8. The molecular weight excluding hydrogens is 390 g/mol. The van der Waals surface area contributed by atoms with Crippen LogP contribution in [-0.2, 0) is 14.3 Å². The fraction of sp³-hybridized carbons (Fsp3) is 0.524. The van der Waals surface area contributed by atoms with E-state index in [2.05, 4.69) is 10.3 Å². The monoisotopic (exact) mass is 419 g/mol. The van der Waals surface area contributed by atoms with Gasteiger partial charge in [-0.05, 0) is 31.4 Å². The highest BCUT2D eigenvalue weighted by Gasteiger charge is 2.27. The molecule has 1 aromatic carbocycles. The maximum Gasteiger partial charge on any atom is 0.328 e. The highest BCUT2D eigenvalue weighted by molar-refractivity contribution is 7.99. The number of benzene rings is 1. The van der Waals surface area contributed by atoms with E-state index in [4.69, 9.17) is 4.74 Å². The summed E-state index contributed by atoms with van der Waals surface area (Å²) in [5, 5.41) is 3.81. The van der Waals surface area contributed by atoms with E-state index in [0.29, 0.717) is 16.1 Å². The van der Waals surface area contributed by atoms with Crippen LogP contribution in [0.25, 0.3) is 10.9 Å². The first-order chi connectivity index (χ1) is 13.8. The molecule has 7 nitrogen and oxygen atoms in total. The number of esters is 1. The zero-order valence-electron chi connectivity index (χ0n) is 17.6. The molecule has 1 amide bonds. The van der Waals surface area contributed by atoms with Gasteiger partial charge in [-0.15, -0.1) is 0 Å². The summed E-state index contributed by atoms with van der Waals surface area (Å²) in [5.41, 5.74) is 0.493. The lowest BCUT2D eigenvalue weighted by Gasteiger charge is -2.22. The quantitative estimate of drug-likeness (QED) is 0.381. The highest BCUT2D eigenvalue weighted by Crippen LogP contribution is 2.22. The number of ether oxygens (including phenoxy) is 1. The lowest BCUT2D eigenvalue weighted by Crippen LogP contribution is -2.46. The summed E-state index contributed by atoms with van der Waals surface area (Å²) in [6, 6.07) is 6.45. The summed E-state index contributed by atoms with van der Waals surface area (Å²) in [4.78, 5) is 42.1. The molecule has 2 aromatic rings. The van der Waals surface area contributed by atoms with Crippen molar-refractivity contribution in [3.05, 3.63) is 34.6 Å². The van der Waals surface area contributed by atoms with Crippen molar-refractivity contribution in [2.45, 2.75) is 57.8 Å². The van der Waals surface area contributed by atoms with Crippen LogP contribution >= 0.6 is 11.8 Å². The Labute approximate surface area is 175 Å². The molecular formula is C21H29N3O4S. The molecule has 2 rings (SSSR count). The third-order valence-corrected chi connectivity index (χ3v) is 6.08. The predicted octanol–water partition coefficient (Wildman–Crippen LogP) is 3.16. The number of nitrogens with zero attached hydrogens (tertiary/aromatic N) is 2. The largest absolute Gasteiger partial charge is 0.467 e. The fourth-order valence-corrected chi connectivity index (χ4v) is 3.85.